The van der Waals surface area contributed by atoms with E-state index in [9.17, 15) is 22.0 Å². The number of anilines is 2. The van der Waals surface area contributed by atoms with Crippen molar-refractivity contribution in [1.29, 1.82) is 0 Å². The molecule has 0 fully saturated rings. The summed E-state index contributed by atoms with van der Waals surface area (Å²) in [6.07, 6.45) is 0.894. The van der Waals surface area contributed by atoms with Crippen LogP contribution in [0.3, 0.4) is 0 Å². The minimum Gasteiger partial charge on any atom is -0.373 e. The Morgan fingerprint density at radius 3 is 2.30 bits per heavy atom. The minimum absolute atomic E-state index is 0.118. The van der Waals surface area contributed by atoms with Crippen molar-refractivity contribution in [3.05, 3.63) is 60.2 Å². The molecule has 0 unspecified atom stereocenters. The van der Waals surface area contributed by atoms with Gasteiger partial charge in [0.25, 0.3) is 0 Å². The van der Waals surface area contributed by atoms with Gasteiger partial charge < -0.3 is 10.2 Å². The van der Waals surface area contributed by atoms with Crippen molar-refractivity contribution >= 4 is 27.3 Å². The summed E-state index contributed by atoms with van der Waals surface area (Å²) in [7, 11) is -1.99. The van der Waals surface area contributed by atoms with Crippen LogP contribution in [0.15, 0.2) is 48.5 Å². The number of nitrogens with zero attached hydrogens (tertiary/aromatic N) is 2. The SMILES string of the molecule is CN(CCNC(=O)CN(c1ccc(F)c(F)c1)S(C)(=O)=O)c1ccccc1. The zero-order chi connectivity index (χ0) is 20.0. The lowest BCUT2D eigenvalue weighted by Crippen LogP contribution is -2.42. The molecule has 2 aromatic rings. The maximum atomic E-state index is 13.4. The Hall–Kier alpha value is -2.68. The van der Waals surface area contributed by atoms with E-state index in [-0.39, 0.29) is 5.69 Å². The highest BCUT2D eigenvalue weighted by molar-refractivity contribution is 7.92. The molecule has 0 aliphatic rings. The van der Waals surface area contributed by atoms with E-state index in [4.69, 9.17) is 0 Å². The van der Waals surface area contributed by atoms with Crippen molar-refractivity contribution in [1.82, 2.24) is 5.32 Å². The summed E-state index contributed by atoms with van der Waals surface area (Å²) in [5.74, 6) is -2.83. The average molecular weight is 397 g/mol. The molecule has 146 valence electrons. The molecule has 0 aliphatic heterocycles. The van der Waals surface area contributed by atoms with Crippen LogP contribution in [-0.4, -0.2) is 47.3 Å². The number of benzene rings is 2. The molecule has 0 radical (unpaired) electrons. The molecule has 6 nitrogen and oxygen atoms in total. The van der Waals surface area contributed by atoms with Gasteiger partial charge in [-0.2, -0.15) is 0 Å². The molecular formula is C18H21F2N3O3S. The van der Waals surface area contributed by atoms with E-state index in [0.29, 0.717) is 13.1 Å². The summed E-state index contributed by atoms with van der Waals surface area (Å²) >= 11 is 0. The van der Waals surface area contributed by atoms with Gasteiger partial charge in [0.15, 0.2) is 11.6 Å². The first kappa shape index (κ1) is 20.6. The Balaban J connectivity index is 1.97. The number of hydrogen-bond donors (Lipinski definition) is 1. The molecular weight excluding hydrogens is 376 g/mol. The number of likely N-dealkylation sites (N-methyl/N-ethyl adjacent to an activating group) is 1. The van der Waals surface area contributed by atoms with E-state index >= 15 is 0 Å². The number of halogens is 2. The Kier molecular flexibility index (Phi) is 6.73. The summed E-state index contributed by atoms with van der Waals surface area (Å²) in [6, 6.07) is 12.2. The summed E-state index contributed by atoms with van der Waals surface area (Å²) in [5, 5.41) is 2.63. The highest BCUT2D eigenvalue weighted by Gasteiger charge is 2.22. The zero-order valence-corrected chi connectivity index (χ0v) is 15.8. The van der Waals surface area contributed by atoms with Gasteiger partial charge in [0.05, 0.1) is 11.9 Å². The third-order valence-corrected chi connectivity index (χ3v) is 4.99. The van der Waals surface area contributed by atoms with Gasteiger partial charge in [0.2, 0.25) is 15.9 Å². The van der Waals surface area contributed by atoms with E-state index in [1.165, 1.54) is 0 Å². The van der Waals surface area contributed by atoms with Gasteiger partial charge in [0, 0.05) is 31.9 Å². The second kappa shape index (κ2) is 8.81. The molecule has 1 amide bonds. The Bertz CT molecular complexity index is 892. The van der Waals surface area contributed by atoms with Crippen molar-refractivity contribution in [3.8, 4) is 0 Å². The van der Waals surface area contributed by atoms with E-state index in [0.717, 1.165) is 34.4 Å². The molecule has 0 heterocycles. The van der Waals surface area contributed by atoms with Gasteiger partial charge in [0.1, 0.15) is 6.54 Å². The molecule has 2 rings (SSSR count). The van der Waals surface area contributed by atoms with Gasteiger partial charge in [-0.15, -0.1) is 0 Å². The van der Waals surface area contributed by atoms with Crippen molar-refractivity contribution in [2.75, 3.05) is 42.1 Å². The first-order valence-electron chi connectivity index (χ1n) is 8.14. The summed E-state index contributed by atoms with van der Waals surface area (Å²) in [5.41, 5.74) is 0.860. The normalized spacial score (nSPS) is 11.1. The molecule has 0 aliphatic carbocycles. The lowest BCUT2D eigenvalue weighted by Gasteiger charge is -2.23. The van der Waals surface area contributed by atoms with Gasteiger partial charge in [-0.05, 0) is 24.3 Å². The summed E-state index contributed by atoms with van der Waals surface area (Å²) in [4.78, 5) is 14.1. The predicted molar refractivity (Wildman–Crippen MR) is 101 cm³/mol. The topological polar surface area (TPSA) is 69.7 Å². The highest BCUT2D eigenvalue weighted by Crippen LogP contribution is 2.20. The third-order valence-electron chi connectivity index (χ3n) is 3.85. The quantitative estimate of drug-likeness (QED) is 0.740. The number of nitrogens with one attached hydrogen (secondary N) is 1. The lowest BCUT2D eigenvalue weighted by molar-refractivity contribution is -0.119. The number of amides is 1. The first-order valence-corrected chi connectivity index (χ1v) is 9.99. The summed E-state index contributed by atoms with van der Waals surface area (Å²) < 4.78 is 51.1. The number of carbonyl (C=O) groups excluding carboxylic acids is 1. The number of sulfonamides is 1. The van der Waals surface area contributed by atoms with Gasteiger partial charge in [-0.25, -0.2) is 17.2 Å². The smallest absolute Gasteiger partial charge is 0.240 e. The molecule has 1 N–H and O–H groups in total. The number of hydrogen-bond acceptors (Lipinski definition) is 4. The molecule has 0 bridgehead atoms. The monoisotopic (exact) mass is 397 g/mol. The highest BCUT2D eigenvalue weighted by atomic mass is 32.2. The zero-order valence-electron chi connectivity index (χ0n) is 15.0. The van der Waals surface area contributed by atoms with E-state index in [1.54, 1.807) is 0 Å². The second-order valence-corrected chi connectivity index (χ2v) is 7.88. The van der Waals surface area contributed by atoms with Crippen LogP contribution in [0, 0.1) is 11.6 Å². The fourth-order valence-corrected chi connectivity index (χ4v) is 3.25. The van der Waals surface area contributed by atoms with Crippen molar-refractivity contribution in [3.63, 3.8) is 0 Å². The van der Waals surface area contributed by atoms with Gasteiger partial charge >= 0.3 is 0 Å². The largest absolute Gasteiger partial charge is 0.373 e. The fourth-order valence-electron chi connectivity index (χ4n) is 2.40. The maximum absolute atomic E-state index is 13.4. The molecule has 0 spiro atoms. The third kappa shape index (κ3) is 5.92. The fraction of sp³-hybridized carbons (Fsp3) is 0.278. The van der Waals surface area contributed by atoms with Crippen LogP contribution in [0.4, 0.5) is 20.2 Å². The second-order valence-electron chi connectivity index (χ2n) is 5.98. The molecule has 27 heavy (non-hydrogen) atoms. The van der Waals surface area contributed by atoms with E-state index in [2.05, 4.69) is 5.32 Å². The molecule has 0 saturated carbocycles. The Morgan fingerprint density at radius 1 is 1.04 bits per heavy atom. The number of carbonyl (C=O) groups is 1. The summed E-state index contributed by atoms with van der Waals surface area (Å²) in [6.45, 7) is 0.276. The van der Waals surface area contributed by atoms with Gasteiger partial charge in [-0.3, -0.25) is 9.10 Å². The van der Waals surface area contributed by atoms with Crippen LogP contribution in [0.5, 0.6) is 0 Å². The molecule has 0 atom stereocenters. The van der Waals surface area contributed by atoms with Crippen LogP contribution < -0.4 is 14.5 Å². The molecule has 2 aromatic carbocycles. The Morgan fingerprint density at radius 2 is 1.70 bits per heavy atom. The predicted octanol–water partition coefficient (Wildman–Crippen LogP) is 1.98. The molecule has 0 saturated heterocycles. The van der Waals surface area contributed by atoms with E-state index < -0.39 is 34.1 Å². The maximum Gasteiger partial charge on any atom is 0.240 e. The minimum atomic E-state index is -3.85. The van der Waals surface area contributed by atoms with Crippen LogP contribution in [0.2, 0.25) is 0 Å². The standard InChI is InChI=1S/C18H21F2N3O3S/c1-22(14-6-4-3-5-7-14)11-10-21-18(24)13-23(27(2,25)26)15-8-9-16(19)17(20)12-15/h3-9,12H,10-11,13H2,1-2H3,(H,21,24). The number of para-hydroxylation sites is 1. The van der Waals surface area contributed by atoms with Crippen LogP contribution in [0.1, 0.15) is 0 Å². The van der Waals surface area contributed by atoms with Crippen molar-refractivity contribution in [2.45, 2.75) is 0 Å². The lowest BCUT2D eigenvalue weighted by atomic mass is 10.3. The van der Waals surface area contributed by atoms with Crippen molar-refractivity contribution in [2.24, 2.45) is 0 Å². The van der Waals surface area contributed by atoms with Crippen LogP contribution in [0.25, 0.3) is 0 Å². The number of rotatable bonds is 8. The Labute approximate surface area is 157 Å². The van der Waals surface area contributed by atoms with Crippen molar-refractivity contribution < 1.29 is 22.0 Å². The van der Waals surface area contributed by atoms with E-state index in [1.807, 2.05) is 42.3 Å². The molecule has 0 aromatic heterocycles. The van der Waals surface area contributed by atoms with Crippen LogP contribution in [-0.2, 0) is 14.8 Å². The average Bonchev–Trinajstić information content (AvgIpc) is 2.62. The van der Waals surface area contributed by atoms with Crippen LogP contribution >= 0.6 is 0 Å². The molecule has 9 heteroatoms. The van der Waals surface area contributed by atoms with Gasteiger partial charge in [-0.1, -0.05) is 18.2 Å². The first-order chi connectivity index (χ1) is 12.7.